The van der Waals surface area contributed by atoms with E-state index < -0.39 is 0 Å². The summed E-state index contributed by atoms with van der Waals surface area (Å²) >= 11 is 1.42. The predicted octanol–water partition coefficient (Wildman–Crippen LogP) is 2.64. The van der Waals surface area contributed by atoms with Crippen molar-refractivity contribution in [3.8, 4) is 0 Å². The number of hydrogen-bond donors (Lipinski definition) is 2. The molecule has 5 heteroatoms. The molecule has 4 nitrogen and oxygen atoms in total. The van der Waals surface area contributed by atoms with Crippen molar-refractivity contribution in [3.63, 3.8) is 0 Å². The van der Waals surface area contributed by atoms with E-state index in [1.165, 1.54) is 11.3 Å². The number of carbonyl (C=O) groups excluding carboxylic acids is 1. The zero-order chi connectivity index (χ0) is 12.1. The van der Waals surface area contributed by atoms with Crippen LogP contribution in [0.4, 0.5) is 10.8 Å². The van der Waals surface area contributed by atoms with E-state index in [1.54, 1.807) is 5.38 Å². The van der Waals surface area contributed by atoms with Gasteiger partial charge in [0.15, 0.2) is 5.13 Å². The summed E-state index contributed by atoms with van der Waals surface area (Å²) in [4.78, 5) is 15.7. The topological polar surface area (TPSA) is 54.0 Å². The first-order chi connectivity index (χ1) is 8.29. The van der Waals surface area contributed by atoms with Gasteiger partial charge in [0, 0.05) is 17.6 Å². The van der Waals surface area contributed by atoms with Gasteiger partial charge in [-0.2, -0.15) is 0 Å². The summed E-state index contributed by atoms with van der Waals surface area (Å²) < 4.78 is 0. The van der Waals surface area contributed by atoms with Gasteiger partial charge in [0.25, 0.3) is 5.91 Å². The van der Waals surface area contributed by atoms with Gasteiger partial charge < -0.3 is 10.6 Å². The summed E-state index contributed by atoms with van der Waals surface area (Å²) in [6.45, 7) is 2.49. The van der Waals surface area contributed by atoms with E-state index in [4.69, 9.17) is 0 Å². The molecule has 1 amide bonds. The molecule has 0 saturated heterocycles. The zero-order valence-corrected chi connectivity index (χ0v) is 10.3. The molecule has 0 spiro atoms. The Morgan fingerprint density at radius 2 is 2.12 bits per heavy atom. The molecule has 0 bridgehead atoms. The summed E-state index contributed by atoms with van der Waals surface area (Å²) in [5.41, 5.74) is 1.42. The summed E-state index contributed by atoms with van der Waals surface area (Å²) in [5.74, 6) is -0.134. The molecule has 2 N–H and O–H groups in total. The third-order valence-electron chi connectivity index (χ3n) is 2.10. The van der Waals surface area contributed by atoms with Crippen LogP contribution >= 0.6 is 11.3 Å². The van der Waals surface area contributed by atoms with Crippen LogP contribution in [-0.4, -0.2) is 17.4 Å². The van der Waals surface area contributed by atoms with Crippen molar-refractivity contribution in [1.29, 1.82) is 0 Å². The number of carbonyl (C=O) groups is 1. The van der Waals surface area contributed by atoms with Crippen LogP contribution in [0.1, 0.15) is 17.4 Å². The van der Waals surface area contributed by atoms with Gasteiger partial charge in [0.1, 0.15) is 5.69 Å². The number of anilines is 2. The number of nitrogens with zero attached hydrogens (tertiary/aromatic N) is 1. The third-order valence-corrected chi connectivity index (χ3v) is 2.86. The van der Waals surface area contributed by atoms with Crippen molar-refractivity contribution < 1.29 is 4.79 Å². The fourth-order valence-corrected chi connectivity index (χ4v) is 2.04. The Hall–Kier alpha value is -1.88. The molecular weight excluding hydrogens is 234 g/mol. The van der Waals surface area contributed by atoms with Crippen molar-refractivity contribution in [3.05, 3.63) is 41.4 Å². The molecule has 0 aliphatic heterocycles. The van der Waals surface area contributed by atoms with Crippen molar-refractivity contribution >= 4 is 28.1 Å². The fraction of sp³-hybridized carbons (Fsp3) is 0.167. The predicted molar refractivity (Wildman–Crippen MR) is 69.8 cm³/mol. The van der Waals surface area contributed by atoms with Crippen LogP contribution in [0.5, 0.6) is 0 Å². The lowest BCUT2D eigenvalue weighted by molar-refractivity contribution is 0.0951. The molecule has 0 unspecified atom stereocenters. The minimum atomic E-state index is -0.134. The smallest absolute Gasteiger partial charge is 0.270 e. The molecule has 0 aliphatic carbocycles. The van der Waals surface area contributed by atoms with Crippen LogP contribution in [-0.2, 0) is 0 Å². The molecule has 0 fully saturated rings. The van der Waals surface area contributed by atoms with Gasteiger partial charge in [-0.15, -0.1) is 11.3 Å². The maximum absolute atomic E-state index is 11.5. The summed E-state index contributed by atoms with van der Waals surface area (Å²) in [6.07, 6.45) is 0. The van der Waals surface area contributed by atoms with E-state index in [2.05, 4.69) is 15.6 Å². The number of para-hydroxylation sites is 1. The largest absolute Gasteiger partial charge is 0.351 e. The molecule has 1 aromatic heterocycles. The van der Waals surface area contributed by atoms with E-state index in [1.807, 2.05) is 37.3 Å². The second-order valence-corrected chi connectivity index (χ2v) is 4.25. The lowest BCUT2D eigenvalue weighted by Gasteiger charge is -2.00. The molecule has 2 rings (SSSR count). The monoisotopic (exact) mass is 247 g/mol. The minimum Gasteiger partial charge on any atom is -0.351 e. The van der Waals surface area contributed by atoms with Crippen molar-refractivity contribution in [1.82, 2.24) is 10.3 Å². The van der Waals surface area contributed by atoms with Crippen LogP contribution in [0, 0.1) is 0 Å². The van der Waals surface area contributed by atoms with E-state index in [0.717, 1.165) is 10.8 Å². The molecule has 88 valence electrons. The van der Waals surface area contributed by atoms with E-state index in [9.17, 15) is 4.79 Å². The lowest BCUT2D eigenvalue weighted by Crippen LogP contribution is -2.22. The summed E-state index contributed by atoms with van der Waals surface area (Å²) in [6, 6.07) is 9.74. The second-order valence-electron chi connectivity index (χ2n) is 3.39. The number of hydrogen-bond acceptors (Lipinski definition) is 4. The third kappa shape index (κ3) is 3.04. The first kappa shape index (κ1) is 11.6. The number of amides is 1. The molecule has 1 heterocycles. The fourth-order valence-electron chi connectivity index (χ4n) is 1.33. The molecule has 0 atom stereocenters. The van der Waals surface area contributed by atoms with Gasteiger partial charge in [-0.25, -0.2) is 4.98 Å². The first-order valence-corrected chi connectivity index (χ1v) is 6.23. The highest BCUT2D eigenvalue weighted by atomic mass is 32.1. The highest BCUT2D eigenvalue weighted by Crippen LogP contribution is 2.20. The quantitative estimate of drug-likeness (QED) is 0.873. The Morgan fingerprint density at radius 3 is 2.82 bits per heavy atom. The van der Waals surface area contributed by atoms with Gasteiger partial charge in [0.2, 0.25) is 0 Å². The van der Waals surface area contributed by atoms with Crippen molar-refractivity contribution in [2.75, 3.05) is 11.9 Å². The van der Waals surface area contributed by atoms with Crippen LogP contribution in [0.3, 0.4) is 0 Å². The normalized spacial score (nSPS) is 9.94. The number of thiazole rings is 1. The average Bonchev–Trinajstić information content (AvgIpc) is 2.79. The first-order valence-electron chi connectivity index (χ1n) is 5.35. The number of nitrogens with one attached hydrogen (secondary N) is 2. The van der Waals surface area contributed by atoms with Crippen molar-refractivity contribution in [2.45, 2.75) is 6.92 Å². The molecule has 17 heavy (non-hydrogen) atoms. The Kier molecular flexibility index (Phi) is 3.72. The molecule has 2 aromatic rings. The number of benzene rings is 1. The minimum absolute atomic E-state index is 0.134. The zero-order valence-electron chi connectivity index (χ0n) is 9.43. The van der Waals surface area contributed by atoms with Gasteiger partial charge >= 0.3 is 0 Å². The number of aromatic nitrogens is 1. The van der Waals surface area contributed by atoms with Crippen LogP contribution < -0.4 is 10.6 Å². The maximum atomic E-state index is 11.5. The average molecular weight is 247 g/mol. The highest BCUT2D eigenvalue weighted by molar-refractivity contribution is 7.14. The summed E-state index contributed by atoms with van der Waals surface area (Å²) in [5, 5.41) is 8.33. The van der Waals surface area contributed by atoms with Gasteiger partial charge in [-0.1, -0.05) is 18.2 Å². The Bertz CT molecular complexity index is 495. The van der Waals surface area contributed by atoms with E-state index in [0.29, 0.717) is 12.2 Å². The maximum Gasteiger partial charge on any atom is 0.270 e. The van der Waals surface area contributed by atoms with Crippen LogP contribution in [0.2, 0.25) is 0 Å². The standard InChI is InChI=1S/C12H13N3OS/c1-2-13-11(16)10-8-17-12(15-10)14-9-6-4-3-5-7-9/h3-8H,2H2,1H3,(H,13,16)(H,14,15). The van der Waals surface area contributed by atoms with Crippen LogP contribution in [0.15, 0.2) is 35.7 Å². The van der Waals surface area contributed by atoms with Crippen LogP contribution in [0.25, 0.3) is 0 Å². The number of rotatable bonds is 4. The summed E-state index contributed by atoms with van der Waals surface area (Å²) in [7, 11) is 0. The van der Waals surface area contributed by atoms with E-state index >= 15 is 0 Å². The molecular formula is C12H13N3OS. The van der Waals surface area contributed by atoms with Gasteiger partial charge in [0.05, 0.1) is 0 Å². The Morgan fingerprint density at radius 1 is 1.35 bits per heavy atom. The Balaban J connectivity index is 2.06. The van der Waals surface area contributed by atoms with Crippen molar-refractivity contribution in [2.24, 2.45) is 0 Å². The molecule has 0 aliphatic rings. The highest BCUT2D eigenvalue weighted by Gasteiger charge is 2.09. The van der Waals surface area contributed by atoms with Gasteiger partial charge in [-0.05, 0) is 19.1 Å². The molecule has 0 radical (unpaired) electrons. The Labute approximate surface area is 104 Å². The molecule has 1 aromatic carbocycles. The van der Waals surface area contributed by atoms with E-state index in [-0.39, 0.29) is 5.91 Å². The lowest BCUT2D eigenvalue weighted by atomic mass is 10.3. The second kappa shape index (κ2) is 5.45. The molecule has 0 saturated carbocycles. The van der Waals surface area contributed by atoms with Gasteiger partial charge in [-0.3, -0.25) is 4.79 Å². The SMILES string of the molecule is CCNC(=O)c1csc(Nc2ccccc2)n1.